The van der Waals surface area contributed by atoms with Gasteiger partial charge in [0.05, 0.1) is 0 Å². The number of terminal acetylenes is 1. The molecule has 0 saturated heterocycles. The Labute approximate surface area is 68.3 Å². The number of benzene rings is 1. The largest absolute Gasteiger partial charge is 0.119 e. The van der Waals surface area contributed by atoms with Gasteiger partial charge in [0.1, 0.15) is 0 Å². The van der Waals surface area contributed by atoms with Crippen molar-refractivity contribution in [2.45, 2.75) is 19.8 Å². The first-order valence-electron chi connectivity index (χ1n) is 3.76. The molecule has 0 heteroatoms. The summed E-state index contributed by atoms with van der Waals surface area (Å²) in [5, 5.41) is 0. The van der Waals surface area contributed by atoms with Crippen LogP contribution in [0.1, 0.15) is 24.0 Å². The van der Waals surface area contributed by atoms with Crippen LogP contribution in [0.5, 0.6) is 0 Å². The Hall–Kier alpha value is -1.22. The molecule has 0 saturated carbocycles. The smallest absolute Gasteiger partial charge is 0.0421 e. The SMILES string of the molecule is C#CC(C)c1cccc(C)c1. The van der Waals surface area contributed by atoms with Crippen molar-refractivity contribution < 1.29 is 0 Å². The van der Waals surface area contributed by atoms with Crippen molar-refractivity contribution >= 4 is 0 Å². The minimum absolute atomic E-state index is 0.231. The maximum atomic E-state index is 5.30. The molecule has 0 aliphatic heterocycles. The van der Waals surface area contributed by atoms with E-state index in [0.29, 0.717) is 0 Å². The monoisotopic (exact) mass is 144 g/mol. The zero-order valence-corrected chi connectivity index (χ0v) is 6.96. The van der Waals surface area contributed by atoms with Crippen LogP contribution in [0.4, 0.5) is 0 Å². The molecule has 1 atom stereocenters. The van der Waals surface area contributed by atoms with E-state index < -0.39 is 0 Å². The third-order valence-corrected chi connectivity index (χ3v) is 1.79. The van der Waals surface area contributed by atoms with Gasteiger partial charge in [-0.25, -0.2) is 0 Å². The molecule has 0 aromatic heterocycles. The second-order valence-corrected chi connectivity index (χ2v) is 2.80. The Morgan fingerprint density at radius 3 is 2.73 bits per heavy atom. The van der Waals surface area contributed by atoms with Gasteiger partial charge in [0.15, 0.2) is 0 Å². The Morgan fingerprint density at radius 2 is 2.18 bits per heavy atom. The molecular formula is C11H12. The van der Waals surface area contributed by atoms with Gasteiger partial charge in [-0.1, -0.05) is 35.7 Å². The molecule has 0 aliphatic carbocycles. The molecule has 0 amide bonds. The van der Waals surface area contributed by atoms with Crippen molar-refractivity contribution in [3.8, 4) is 12.3 Å². The Kier molecular flexibility index (Phi) is 2.33. The van der Waals surface area contributed by atoms with Crippen molar-refractivity contribution in [2.75, 3.05) is 0 Å². The summed E-state index contributed by atoms with van der Waals surface area (Å²) in [4.78, 5) is 0. The van der Waals surface area contributed by atoms with Crippen molar-refractivity contribution in [3.63, 3.8) is 0 Å². The van der Waals surface area contributed by atoms with Crippen molar-refractivity contribution in [3.05, 3.63) is 35.4 Å². The summed E-state index contributed by atoms with van der Waals surface area (Å²) in [7, 11) is 0. The molecule has 1 unspecified atom stereocenters. The topological polar surface area (TPSA) is 0 Å². The van der Waals surface area contributed by atoms with Crippen LogP contribution in [0.2, 0.25) is 0 Å². The van der Waals surface area contributed by atoms with Crippen LogP contribution in [0.3, 0.4) is 0 Å². The molecule has 0 heterocycles. The summed E-state index contributed by atoms with van der Waals surface area (Å²) >= 11 is 0. The molecule has 0 aliphatic rings. The van der Waals surface area contributed by atoms with Gasteiger partial charge < -0.3 is 0 Å². The molecule has 0 radical (unpaired) electrons. The van der Waals surface area contributed by atoms with Crippen LogP contribution in [0.15, 0.2) is 24.3 Å². The normalized spacial score (nSPS) is 12.1. The summed E-state index contributed by atoms with van der Waals surface area (Å²) in [6.07, 6.45) is 5.30. The van der Waals surface area contributed by atoms with E-state index in [9.17, 15) is 0 Å². The van der Waals surface area contributed by atoms with Gasteiger partial charge in [-0.15, -0.1) is 6.42 Å². The first-order valence-corrected chi connectivity index (χ1v) is 3.76. The summed E-state index contributed by atoms with van der Waals surface area (Å²) in [5.41, 5.74) is 2.50. The van der Waals surface area contributed by atoms with Crippen molar-refractivity contribution in [2.24, 2.45) is 0 Å². The zero-order chi connectivity index (χ0) is 8.27. The lowest BCUT2D eigenvalue weighted by Crippen LogP contribution is -1.88. The predicted molar refractivity (Wildman–Crippen MR) is 48.4 cm³/mol. The molecule has 1 aromatic carbocycles. The molecule has 56 valence electrons. The highest BCUT2D eigenvalue weighted by molar-refractivity contribution is 5.29. The van der Waals surface area contributed by atoms with Crippen LogP contribution < -0.4 is 0 Å². The number of hydrogen-bond acceptors (Lipinski definition) is 0. The summed E-state index contributed by atoms with van der Waals surface area (Å²) in [6, 6.07) is 8.31. The minimum atomic E-state index is 0.231. The molecule has 0 nitrogen and oxygen atoms in total. The fraction of sp³-hybridized carbons (Fsp3) is 0.273. The van der Waals surface area contributed by atoms with Crippen LogP contribution in [-0.2, 0) is 0 Å². The first-order chi connectivity index (χ1) is 5.24. The Bertz CT molecular complexity index is 278. The molecule has 0 spiro atoms. The van der Waals surface area contributed by atoms with Crippen molar-refractivity contribution in [1.29, 1.82) is 0 Å². The average molecular weight is 144 g/mol. The average Bonchev–Trinajstić information content (AvgIpc) is 2.03. The molecular weight excluding hydrogens is 132 g/mol. The number of aryl methyl sites for hydroxylation is 1. The predicted octanol–water partition coefficient (Wildman–Crippen LogP) is 2.73. The van der Waals surface area contributed by atoms with Gasteiger partial charge in [0.25, 0.3) is 0 Å². The standard InChI is InChI=1S/C11H12/c1-4-10(3)11-7-5-6-9(2)8-11/h1,5-8,10H,2-3H3. The zero-order valence-electron chi connectivity index (χ0n) is 6.96. The summed E-state index contributed by atoms with van der Waals surface area (Å²) in [5.74, 6) is 2.94. The molecule has 0 bridgehead atoms. The van der Waals surface area contributed by atoms with E-state index in [-0.39, 0.29) is 5.92 Å². The van der Waals surface area contributed by atoms with Gasteiger partial charge in [-0.3, -0.25) is 0 Å². The highest BCUT2D eigenvalue weighted by atomic mass is 14.0. The Morgan fingerprint density at radius 1 is 1.45 bits per heavy atom. The van der Waals surface area contributed by atoms with Gasteiger partial charge in [-0.2, -0.15) is 0 Å². The van der Waals surface area contributed by atoms with E-state index in [0.717, 1.165) is 0 Å². The minimum Gasteiger partial charge on any atom is -0.119 e. The lowest BCUT2D eigenvalue weighted by molar-refractivity contribution is 1.00. The third kappa shape index (κ3) is 1.85. The van der Waals surface area contributed by atoms with E-state index in [1.807, 2.05) is 13.0 Å². The fourth-order valence-corrected chi connectivity index (χ4v) is 1.04. The fourth-order valence-electron chi connectivity index (χ4n) is 1.04. The molecule has 1 rings (SSSR count). The quantitative estimate of drug-likeness (QED) is 0.532. The Balaban J connectivity index is 2.98. The van der Waals surface area contributed by atoms with Crippen molar-refractivity contribution in [1.82, 2.24) is 0 Å². The highest BCUT2D eigenvalue weighted by Crippen LogP contribution is 2.14. The lowest BCUT2D eigenvalue weighted by atomic mass is 10.0. The van der Waals surface area contributed by atoms with E-state index in [1.54, 1.807) is 0 Å². The molecule has 1 aromatic rings. The van der Waals surface area contributed by atoms with Crippen LogP contribution in [0.25, 0.3) is 0 Å². The first kappa shape index (κ1) is 7.88. The third-order valence-electron chi connectivity index (χ3n) is 1.79. The number of hydrogen-bond donors (Lipinski definition) is 0. The van der Waals surface area contributed by atoms with Gasteiger partial charge >= 0.3 is 0 Å². The molecule has 0 N–H and O–H groups in total. The maximum Gasteiger partial charge on any atom is 0.0421 e. The summed E-state index contributed by atoms with van der Waals surface area (Å²) in [6.45, 7) is 4.11. The second kappa shape index (κ2) is 3.25. The summed E-state index contributed by atoms with van der Waals surface area (Å²) < 4.78 is 0. The highest BCUT2D eigenvalue weighted by Gasteiger charge is 1.99. The van der Waals surface area contributed by atoms with E-state index in [2.05, 4.69) is 31.0 Å². The van der Waals surface area contributed by atoms with Gasteiger partial charge in [0, 0.05) is 5.92 Å². The van der Waals surface area contributed by atoms with Gasteiger partial charge in [0.2, 0.25) is 0 Å². The van der Waals surface area contributed by atoms with Crippen LogP contribution in [0, 0.1) is 19.3 Å². The second-order valence-electron chi connectivity index (χ2n) is 2.80. The lowest BCUT2D eigenvalue weighted by Gasteiger charge is -2.03. The maximum absolute atomic E-state index is 5.30. The van der Waals surface area contributed by atoms with E-state index in [1.165, 1.54) is 11.1 Å². The number of rotatable bonds is 1. The molecule has 11 heavy (non-hydrogen) atoms. The van der Waals surface area contributed by atoms with Crippen LogP contribution >= 0.6 is 0 Å². The van der Waals surface area contributed by atoms with Gasteiger partial charge in [-0.05, 0) is 19.4 Å². The van der Waals surface area contributed by atoms with E-state index >= 15 is 0 Å². The van der Waals surface area contributed by atoms with E-state index in [4.69, 9.17) is 6.42 Å². The molecule has 0 fully saturated rings. The van der Waals surface area contributed by atoms with Crippen LogP contribution in [-0.4, -0.2) is 0 Å².